The molecule has 1 fully saturated rings. The number of rotatable bonds is 4. The molecule has 2 amide bonds. The van der Waals surface area contributed by atoms with Crippen LogP contribution in [0.3, 0.4) is 0 Å². The van der Waals surface area contributed by atoms with Gasteiger partial charge in [-0.2, -0.15) is 0 Å². The van der Waals surface area contributed by atoms with E-state index in [4.69, 9.17) is 0 Å². The van der Waals surface area contributed by atoms with Crippen molar-refractivity contribution in [1.82, 2.24) is 10.2 Å². The molecule has 4 nitrogen and oxygen atoms in total. The summed E-state index contributed by atoms with van der Waals surface area (Å²) in [7, 11) is 0. The van der Waals surface area contributed by atoms with Gasteiger partial charge in [0.2, 0.25) is 11.8 Å². The summed E-state index contributed by atoms with van der Waals surface area (Å²) in [5.41, 5.74) is 0.799. The van der Waals surface area contributed by atoms with Crippen LogP contribution in [0.5, 0.6) is 0 Å². The molecule has 0 saturated carbocycles. The molecule has 2 rings (SSSR count). The SMILES string of the molecule is CCC(=O)N1CCC(NC(=O)Cc2ccc(F)cc2)CC1. The first kappa shape index (κ1) is 15.5. The Hall–Kier alpha value is -1.91. The lowest BCUT2D eigenvalue weighted by molar-refractivity contribution is -0.132. The highest BCUT2D eigenvalue weighted by atomic mass is 19.1. The number of likely N-dealkylation sites (tertiary alicyclic amines) is 1. The van der Waals surface area contributed by atoms with Crippen LogP contribution in [0.1, 0.15) is 31.7 Å². The van der Waals surface area contributed by atoms with Crippen LogP contribution in [-0.2, 0) is 16.0 Å². The third kappa shape index (κ3) is 4.55. The molecular formula is C16H21FN2O2. The van der Waals surface area contributed by atoms with Crippen LogP contribution < -0.4 is 5.32 Å². The lowest BCUT2D eigenvalue weighted by atomic mass is 10.0. The van der Waals surface area contributed by atoms with Gasteiger partial charge >= 0.3 is 0 Å². The number of hydrogen-bond donors (Lipinski definition) is 1. The molecule has 0 spiro atoms. The van der Waals surface area contributed by atoms with E-state index in [2.05, 4.69) is 5.32 Å². The van der Waals surface area contributed by atoms with Crippen LogP contribution in [0.2, 0.25) is 0 Å². The molecule has 1 saturated heterocycles. The lowest BCUT2D eigenvalue weighted by Crippen LogP contribution is -2.46. The summed E-state index contributed by atoms with van der Waals surface area (Å²) in [6.07, 6.45) is 2.37. The second-order valence-corrected chi connectivity index (χ2v) is 5.38. The highest BCUT2D eigenvalue weighted by Gasteiger charge is 2.22. The van der Waals surface area contributed by atoms with Crippen LogP contribution in [0.4, 0.5) is 4.39 Å². The van der Waals surface area contributed by atoms with Crippen molar-refractivity contribution in [2.75, 3.05) is 13.1 Å². The Morgan fingerprint density at radius 3 is 2.43 bits per heavy atom. The van der Waals surface area contributed by atoms with E-state index in [0.29, 0.717) is 19.5 Å². The van der Waals surface area contributed by atoms with E-state index in [1.807, 2.05) is 11.8 Å². The van der Waals surface area contributed by atoms with Gasteiger partial charge in [-0.1, -0.05) is 19.1 Å². The number of halogens is 1. The minimum atomic E-state index is -0.299. The van der Waals surface area contributed by atoms with E-state index in [1.165, 1.54) is 12.1 Å². The van der Waals surface area contributed by atoms with Gasteiger partial charge in [0.25, 0.3) is 0 Å². The number of carbonyl (C=O) groups is 2. The van der Waals surface area contributed by atoms with Crippen LogP contribution in [0.25, 0.3) is 0 Å². The molecule has 1 aliphatic heterocycles. The van der Waals surface area contributed by atoms with Crippen LogP contribution in [0, 0.1) is 5.82 Å². The normalized spacial score (nSPS) is 15.8. The van der Waals surface area contributed by atoms with Crippen LogP contribution >= 0.6 is 0 Å². The molecule has 0 atom stereocenters. The van der Waals surface area contributed by atoms with Crippen molar-refractivity contribution in [1.29, 1.82) is 0 Å². The fourth-order valence-electron chi connectivity index (χ4n) is 2.56. The zero-order valence-electron chi connectivity index (χ0n) is 12.3. The lowest BCUT2D eigenvalue weighted by Gasteiger charge is -2.32. The first-order valence-electron chi connectivity index (χ1n) is 7.40. The molecular weight excluding hydrogens is 271 g/mol. The minimum absolute atomic E-state index is 0.0538. The smallest absolute Gasteiger partial charge is 0.224 e. The molecule has 1 aromatic rings. The third-order valence-corrected chi connectivity index (χ3v) is 3.79. The molecule has 1 aliphatic rings. The summed E-state index contributed by atoms with van der Waals surface area (Å²) in [5.74, 6) is -0.180. The van der Waals surface area contributed by atoms with Gasteiger partial charge in [0.15, 0.2) is 0 Å². The summed E-state index contributed by atoms with van der Waals surface area (Å²) in [6.45, 7) is 3.27. The maximum Gasteiger partial charge on any atom is 0.224 e. The number of amides is 2. The summed E-state index contributed by atoms with van der Waals surface area (Å²) in [6, 6.07) is 6.09. The highest BCUT2D eigenvalue weighted by Crippen LogP contribution is 2.12. The topological polar surface area (TPSA) is 49.4 Å². The monoisotopic (exact) mass is 292 g/mol. The van der Waals surface area contributed by atoms with E-state index in [0.717, 1.165) is 18.4 Å². The average Bonchev–Trinajstić information content (AvgIpc) is 2.49. The Labute approximate surface area is 124 Å². The molecule has 114 valence electrons. The average molecular weight is 292 g/mol. The first-order valence-corrected chi connectivity index (χ1v) is 7.40. The van der Waals surface area contributed by atoms with Crippen molar-refractivity contribution < 1.29 is 14.0 Å². The Morgan fingerprint density at radius 1 is 1.24 bits per heavy atom. The second-order valence-electron chi connectivity index (χ2n) is 5.38. The van der Waals surface area contributed by atoms with Gasteiger partial charge in [-0.05, 0) is 30.5 Å². The number of carbonyl (C=O) groups excluding carboxylic acids is 2. The Bertz CT molecular complexity index is 494. The Balaban J connectivity index is 1.76. The van der Waals surface area contributed by atoms with Crippen molar-refractivity contribution in [2.24, 2.45) is 0 Å². The molecule has 0 aliphatic carbocycles. The van der Waals surface area contributed by atoms with Gasteiger partial charge in [-0.3, -0.25) is 9.59 Å². The highest BCUT2D eigenvalue weighted by molar-refractivity contribution is 5.79. The number of piperidine rings is 1. The number of nitrogens with one attached hydrogen (secondary N) is 1. The molecule has 0 radical (unpaired) electrons. The zero-order chi connectivity index (χ0) is 15.2. The van der Waals surface area contributed by atoms with Crippen molar-refractivity contribution in [3.05, 3.63) is 35.6 Å². The predicted molar refractivity (Wildman–Crippen MR) is 78.1 cm³/mol. The first-order chi connectivity index (χ1) is 10.1. The Kier molecular flexibility index (Phi) is 5.31. The van der Waals surface area contributed by atoms with Gasteiger partial charge in [-0.15, -0.1) is 0 Å². The number of benzene rings is 1. The fraction of sp³-hybridized carbons (Fsp3) is 0.500. The Morgan fingerprint density at radius 2 is 1.86 bits per heavy atom. The number of hydrogen-bond acceptors (Lipinski definition) is 2. The van der Waals surface area contributed by atoms with E-state index < -0.39 is 0 Å². The van der Waals surface area contributed by atoms with E-state index >= 15 is 0 Å². The molecule has 5 heteroatoms. The molecule has 1 heterocycles. The quantitative estimate of drug-likeness (QED) is 0.921. The summed E-state index contributed by atoms with van der Waals surface area (Å²) in [4.78, 5) is 25.4. The van der Waals surface area contributed by atoms with Gasteiger partial charge in [0.05, 0.1) is 6.42 Å². The molecule has 0 aromatic heterocycles. The molecule has 1 aromatic carbocycles. The standard InChI is InChI=1S/C16H21FN2O2/c1-2-16(21)19-9-7-14(8-10-19)18-15(20)11-12-3-5-13(17)6-4-12/h3-6,14H,2,7-11H2,1H3,(H,18,20). The maximum absolute atomic E-state index is 12.8. The summed E-state index contributed by atoms with van der Waals surface area (Å²) < 4.78 is 12.8. The van der Waals surface area contributed by atoms with Crippen molar-refractivity contribution in [2.45, 2.75) is 38.6 Å². The minimum Gasteiger partial charge on any atom is -0.353 e. The van der Waals surface area contributed by atoms with E-state index in [9.17, 15) is 14.0 Å². The molecule has 21 heavy (non-hydrogen) atoms. The van der Waals surface area contributed by atoms with Crippen molar-refractivity contribution >= 4 is 11.8 Å². The van der Waals surface area contributed by atoms with E-state index in [1.54, 1.807) is 12.1 Å². The zero-order valence-corrected chi connectivity index (χ0v) is 12.3. The summed E-state index contributed by atoms with van der Waals surface area (Å²) >= 11 is 0. The van der Waals surface area contributed by atoms with Crippen LogP contribution in [-0.4, -0.2) is 35.8 Å². The van der Waals surface area contributed by atoms with Gasteiger partial charge in [0.1, 0.15) is 5.82 Å². The molecule has 0 bridgehead atoms. The molecule has 0 unspecified atom stereocenters. The largest absolute Gasteiger partial charge is 0.353 e. The van der Waals surface area contributed by atoms with Gasteiger partial charge in [-0.25, -0.2) is 4.39 Å². The van der Waals surface area contributed by atoms with Crippen molar-refractivity contribution in [3.8, 4) is 0 Å². The maximum atomic E-state index is 12.8. The van der Waals surface area contributed by atoms with Gasteiger partial charge in [0, 0.05) is 25.6 Å². The predicted octanol–water partition coefficient (Wildman–Crippen LogP) is 1.89. The van der Waals surface area contributed by atoms with E-state index in [-0.39, 0.29) is 30.1 Å². The van der Waals surface area contributed by atoms with Crippen LogP contribution in [0.15, 0.2) is 24.3 Å². The number of nitrogens with zero attached hydrogens (tertiary/aromatic N) is 1. The van der Waals surface area contributed by atoms with Gasteiger partial charge < -0.3 is 10.2 Å². The third-order valence-electron chi connectivity index (χ3n) is 3.79. The van der Waals surface area contributed by atoms with Crippen molar-refractivity contribution in [3.63, 3.8) is 0 Å². The fourth-order valence-corrected chi connectivity index (χ4v) is 2.56. The molecule has 1 N–H and O–H groups in total. The summed E-state index contributed by atoms with van der Waals surface area (Å²) in [5, 5.41) is 2.99. The second kappa shape index (κ2) is 7.20.